The lowest BCUT2D eigenvalue weighted by Crippen LogP contribution is -2.22. The first-order valence-corrected chi connectivity index (χ1v) is 7.53. The Morgan fingerprint density at radius 1 is 1.23 bits per heavy atom. The van der Waals surface area contributed by atoms with Gasteiger partial charge in [-0.05, 0) is 30.3 Å². The molecule has 1 aromatic carbocycles. The molecule has 1 aliphatic heterocycles. The van der Waals surface area contributed by atoms with Crippen LogP contribution in [0.2, 0.25) is 10.0 Å². The number of aromatic nitrogens is 2. The number of nitrogens with zero attached hydrogens (tertiary/aromatic N) is 2. The van der Waals surface area contributed by atoms with Crippen LogP contribution < -0.4 is 10.3 Å². The Balaban J connectivity index is 2.19. The van der Waals surface area contributed by atoms with Crippen molar-refractivity contribution in [2.75, 3.05) is 6.61 Å². The van der Waals surface area contributed by atoms with Crippen LogP contribution in [0, 0.1) is 0 Å². The highest BCUT2D eigenvalue weighted by Crippen LogP contribution is 2.33. The molecule has 0 atom stereocenters. The lowest BCUT2D eigenvalue weighted by atomic mass is 10.1. The highest BCUT2D eigenvalue weighted by atomic mass is 35.5. The van der Waals surface area contributed by atoms with E-state index in [1.807, 2.05) is 12.1 Å². The van der Waals surface area contributed by atoms with Gasteiger partial charge < -0.3 is 4.74 Å². The van der Waals surface area contributed by atoms with Crippen molar-refractivity contribution in [2.45, 2.75) is 6.42 Å². The number of ether oxygens (including phenoxy) is 1. The lowest BCUT2D eigenvalue weighted by Gasteiger charge is -2.14. The zero-order chi connectivity index (χ0) is 15.3. The molecule has 0 amide bonds. The van der Waals surface area contributed by atoms with E-state index < -0.39 is 0 Å². The maximum atomic E-state index is 12.9. The highest BCUT2D eigenvalue weighted by Gasteiger charge is 2.24. The van der Waals surface area contributed by atoms with Gasteiger partial charge in [-0.1, -0.05) is 23.2 Å². The van der Waals surface area contributed by atoms with E-state index in [0.29, 0.717) is 45.7 Å². The van der Waals surface area contributed by atoms with Gasteiger partial charge in [-0.25, -0.2) is 4.98 Å². The van der Waals surface area contributed by atoms with Crippen LogP contribution in [0.5, 0.6) is 5.75 Å². The Kier molecular flexibility index (Phi) is 3.10. The standard InChI is InChI=1S/C16H10Cl2N2O2/c17-9-3-4-12(18)13(8-9)20-15-10(2-1-6-19-15)14-11(16(20)21)5-7-22-14/h1-4,6,8H,5,7H2. The molecule has 3 heterocycles. The molecule has 0 spiro atoms. The molecule has 0 radical (unpaired) electrons. The number of rotatable bonds is 1. The minimum absolute atomic E-state index is 0.164. The van der Waals surface area contributed by atoms with E-state index in [1.165, 1.54) is 4.57 Å². The summed E-state index contributed by atoms with van der Waals surface area (Å²) in [5.41, 5.74) is 1.52. The number of pyridine rings is 2. The van der Waals surface area contributed by atoms with Crippen LogP contribution in [0.4, 0.5) is 0 Å². The van der Waals surface area contributed by atoms with Gasteiger partial charge in [0.05, 0.1) is 28.3 Å². The molecule has 3 aromatic rings. The Morgan fingerprint density at radius 2 is 2.09 bits per heavy atom. The normalized spacial score (nSPS) is 13.2. The summed E-state index contributed by atoms with van der Waals surface area (Å²) < 4.78 is 7.14. The second kappa shape index (κ2) is 5.00. The van der Waals surface area contributed by atoms with Crippen LogP contribution >= 0.6 is 23.2 Å². The van der Waals surface area contributed by atoms with E-state index >= 15 is 0 Å². The van der Waals surface area contributed by atoms with E-state index in [-0.39, 0.29) is 5.56 Å². The van der Waals surface area contributed by atoms with Gasteiger partial charge in [-0.2, -0.15) is 0 Å². The van der Waals surface area contributed by atoms with Crippen molar-refractivity contribution < 1.29 is 4.74 Å². The summed E-state index contributed by atoms with van der Waals surface area (Å²) in [6, 6.07) is 8.73. The fraction of sp³-hybridized carbons (Fsp3) is 0.125. The maximum absolute atomic E-state index is 12.9. The minimum Gasteiger partial charge on any atom is -0.492 e. The first kappa shape index (κ1) is 13.6. The monoisotopic (exact) mass is 332 g/mol. The molecule has 0 bridgehead atoms. The molecule has 4 nitrogen and oxygen atoms in total. The van der Waals surface area contributed by atoms with Crippen molar-refractivity contribution in [3.63, 3.8) is 0 Å². The van der Waals surface area contributed by atoms with E-state index in [2.05, 4.69) is 4.98 Å². The first-order valence-electron chi connectivity index (χ1n) is 6.77. The summed E-state index contributed by atoms with van der Waals surface area (Å²) in [5.74, 6) is 0.627. The Morgan fingerprint density at radius 3 is 2.95 bits per heavy atom. The maximum Gasteiger partial charge on any atom is 0.263 e. The summed E-state index contributed by atoms with van der Waals surface area (Å²) in [5, 5.41) is 1.75. The number of hydrogen-bond donors (Lipinski definition) is 0. The molecule has 6 heteroatoms. The predicted octanol–water partition coefficient (Wildman–Crippen LogP) is 3.63. The molecule has 2 aromatic heterocycles. The molecule has 0 unspecified atom stereocenters. The van der Waals surface area contributed by atoms with E-state index in [0.717, 1.165) is 5.39 Å². The van der Waals surface area contributed by atoms with Crippen LogP contribution in [0.3, 0.4) is 0 Å². The molecule has 4 rings (SSSR count). The lowest BCUT2D eigenvalue weighted by molar-refractivity contribution is 0.360. The molecule has 0 aliphatic carbocycles. The van der Waals surface area contributed by atoms with Crippen molar-refractivity contribution in [1.82, 2.24) is 9.55 Å². The number of hydrogen-bond acceptors (Lipinski definition) is 3. The van der Waals surface area contributed by atoms with Gasteiger partial charge in [-0.3, -0.25) is 9.36 Å². The van der Waals surface area contributed by atoms with Gasteiger partial charge in [0.2, 0.25) is 0 Å². The third kappa shape index (κ3) is 1.91. The second-order valence-corrected chi connectivity index (χ2v) is 5.86. The van der Waals surface area contributed by atoms with Gasteiger partial charge in [-0.15, -0.1) is 0 Å². The van der Waals surface area contributed by atoms with Crippen LogP contribution in [-0.4, -0.2) is 16.2 Å². The zero-order valence-corrected chi connectivity index (χ0v) is 12.9. The summed E-state index contributed by atoms with van der Waals surface area (Å²) in [6.45, 7) is 0.502. The topological polar surface area (TPSA) is 44.1 Å². The Bertz CT molecular complexity index is 966. The van der Waals surface area contributed by atoms with Crippen molar-refractivity contribution in [3.8, 4) is 11.4 Å². The smallest absolute Gasteiger partial charge is 0.263 e. The summed E-state index contributed by atoms with van der Waals surface area (Å²) in [7, 11) is 0. The SMILES string of the molecule is O=c1c2c(c3cccnc3n1-c1cc(Cl)ccc1Cl)OCC2. The van der Waals surface area contributed by atoms with Crippen LogP contribution in [0.1, 0.15) is 5.56 Å². The van der Waals surface area contributed by atoms with Crippen molar-refractivity contribution in [1.29, 1.82) is 0 Å². The molecular formula is C16H10Cl2N2O2. The van der Waals surface area contributed by atoms with Gasteiger partial charge in [0.1, 0.15) is 5.75 Å². The summed E-state index contributed by atoms with van der Waals surface area (Å²) >= 11 is 12.3. The van der Waals surface area contributed by atoms with E-state index in [9.17, 15) is 4.79 Å². The van der Waals surface area contributed by atoms with E-state index in [4.69, 9.17) is 27.9 Å². The fourth-order valence-corrected chi connectivity index (χ4v) is 3.13. The fourth-order valence-electron chi connectivity index (χ4n) is 2.76. The molecule has 1 aliphatic rings. The van der Waals surface area contributed by atoms with Crippen LogP contribution in [-0.2, 0) is 6.42 Å². The highest BCUT2D eigenvalue weighted by molar-refractivity contribution is 6.34. The minimum atomic E-state index is -0.164. The summed E-state index contributed by atoms with van der Waals surface area (Å²) in [6.07, 6.45) is 2.22. The average molecular weight is 333 g/mol. The van der Waals surface area contributed by atoms with Gasteiger partial charge in [0.15, 0.2) is 5.65 Å². The molecule has 22 heavy (non-hydrogen) atoms. The molecule has 0 N–H and O–H groups in total. The van der Waals surface area contributed by atoms with Crippen molar-refractivity contribution in [2.24, 2.45) is 0 Å². The second-order valence-electron chi connectivity index (χ2n) is 5.02. The van der Waals surface area contributed by atoms with Gasteiger partial charge in [0.25, 0.3) is 5.56 Å². The van der Waals surface area contributed by atoms with Gasteiger partial charge in [0, 0.05) is 17.6 Å². The average Bonchev–Trinajstić information content (AvgIpc) is 3.01. The number of benzene rings is 1. The molecule has 0 saturated heterocycles. The molecule has 0 saturated carbocycles. The predicted molar refractivity (Wildman–Crippen MR) is 86.6 cm³/mol. The Labute approximate surface area is 135 Å². The molecular weight excluding hydrogens is 323 g/mol. The van der Waals surface area contributed by atoms with Crippen LogP contribution in [0.25, 0.3) is 16.7 Å². The number of halogens is 2. The van der Waals surface area contributed by atoms with Gasteiger partial charge >= 0.3 is 0 Å². The van der Waals surface area contributed by atoms with Crippen molar-refractivity contribution >= 4 is 34.2 Å². The zero-order valence-electron chi connectivity index (χ0n) is 11.3. The third-order valence-corrected chi connectivity index (χ3v) is 4.28. The van der Waals surface area contributed by atoms with Crippen molar-refractivity contribution in [3.05, 3.63) is 62.5 Å². The molecule has 110 valence electrons. The molecule has 0 fully saturated rings. The third-order valence-electron chi connectivity index (χ3n) is 3.73. The largest absolute Gasteiger partial charge is 0.492 e. The van der Waals surface area contributed by atoms with Crippen LogP contribution in [0.15, 0.2) is 41.3 Å². The van der Waals surface area contributed by atoms with E-state index in [1.54, 1.807) is 24.4 Å². The summed E-state index contributed by atoms with van der Waals surface area (Å²) in [4.78, 5) is 17.2. The first-order chi connectivity index (χ1) is 10.7. The Hall–Kier alpha value is -2.04. The quantitative estimate of drug-likeness (QED) is 0.683. The number of fused-ring (bicyclic) bond motifs is 3.